The largest absolute Gasteiger partial charge is 0.355 e. The number of hydrogen-bond donors (Lipinski definition) is 2. The summed E-state index contributed by atoms with van der Waals surface area (Å²) in [5, 5.41) is 2.90. The molecule has 0 aliphatic rings. The van der Waals surface area contributed by atoms with Gasteiger partial charge in [-0.15, -0.1) is 0 Å². The molecule has 0 bridgehead atoms. The molecule has 0 saturated heterocycles. The first-order valence-corrected chi connectivity index (χ1v) is 6.05. The number of benzene rings is 1. The lowest BCUT2D eigenvalue weighted by atomic mass is 10.0. The summed E-state index contributed by atoms with van der Waals surface area (Å²) in [6.07, 6.45) is 0.448. The Morgan fingerprint density at radius 3 is 2.71 bits per heavy atom. The van der Waals surface area contributed by atoms with Crippen LogP contribution in [0.2, 0.25) is 0 Å². The first-order valence-electron chi connectivity index (χ1n) is 6.05. The highest BCUT2D eigenvalue weighted by molar-refractivity contribution is 5.78. The summed E-state index contributed by atoms with van der Waals surface area (Å²) in [4.78, 5) is 11.7. The molecule has 0 aromatic heterocycles. The topological polar surface area (TPSA) is 55.1 Å². The van der Waals surface area contributed by atoms with Crippen molar-refractivity contribution in [1.82, 2.24) is 5.32 Å². The van der Waals surface area contributed by atoms with Crippen molar-refractivity contribution < 1.29 is 4.79 Å². The van der Waals surface area contributed by atoms with E-state index < -0.39 is 0 Å². The van der Waals surface area contributed by atoms with Crippen molar-refractivity contribution in [2.24, 2.45) is 11.7 Å². The van der Waals surface area contributed by atoms with Crippen LogP contribution in [0.25, 0.3) is 0 Å². The molecule has 0 radical (unpaired) electrons. The lowest BCUT2D eigenvalue weighted by molar-refractivity contribution is -0.120. The highest BCUT2D eigenvalue weighted by Gasteiger charge is 2.07. The number of carbonyl (C=O) groups is 1. The van der Waals surface area contributed by atoms with E-state index in [0.29, 0.717) is 25.4 Å². The van der Waals surface area contributed by atoms with E-state index in [0.717, 1.165) is 5.56 Å². The minimum absolute atomic E-state index is 0.0669. The molecule has 3 heteroatoms. The van der Waals surface area contributed by atoms with E-state index in [-0.39, 0.29) is 5.91 Å². The Labute approximate surface area is 103 Å². The zero-order chi connectivity index (χ0) is 12.8. The van der Waals surface area contributed by atoms with Crippen LogP contribution in [0.15, 0.2) is 18.2 Å². The highest BCUT2D eigenvalue weighted by atomic mass is 16.1. The monoisotopic (exact) mass is 234 g/mol. The number of nitrogens with one attached hydrogen (secondary N) is 1. The van der Waals surface area contributed by atoms with Crippen LogP contribution in [0, 0.1) is 19.8 Å². The molecule has 0 fully saturated rings. The van der Waals surface area contributed by atoms with Crippen LogP contribution >= 0.6 is 0 Å². The molecule has 1 aromatic rings. The maximum atomic E-state index is 11.7. The van der Waals surface area contributed by atoms with Gasteiger partial charge >= 0.3 is 0 Å². The Kier molecular flexibility index (Phi) is 5.16. The van der Waals surface area contributed by atoms with E-state index >= 15 is 0 Å². The second-order valence-corrected chi connectivity index (χ2v) is 4.75. The average Bonchev–Trinajstić information content (AvgIpc) is 2.29. The van der Waals surface area contributed by atoms with E-state index in [4.69, 9.17) is 5.73 Å². The van der Waals surface area contributed by atoms with Crippen LogP contribution in [0.5, 0.6) is 0 Å². The molecule has 3 nitrogen and oxygen atoms in total. The van der Waals surface area contributed by atoms with E-state index in [1.165, 1.54) is 11.1 Å². The molecule has 1 aromatic carbocycles. The van der Waals surface area contributed by atoms with Crippen molar-refractivity contribution in [3.63, 3.8) is 0 Å². The van der Waals surface area contributed by atoms with E-state index in [2.05, 4.69) is 18.3 Å². The minimum atomic E-state index is 0.0669. The predicted octanol–water partition coefficient (Wildman–Crippen LogP) is 1.56. The fourth-order valence-electron chi connectivity index (χ4n) is 1.65. The Morgan fingerprint density at radius 2 is 2.12 bits per heavy atom. The Hall–Kier alpha value is -1.35. The fraction of sp³-hybridized carbons (Fsp3) is 0.500. The highest BCUT2D eigenvalue weighted by Crippen LogP contribution is 2.11. The molecule has 3 N–H and O–H groups in total. The van der Waals surface area contributed by atoms with Crippen molar-refractivity contribution in [3.05, 3.63) is 34.9 Å². The lowest BCUT2D eigenvalue weighted by Crippen LogP contribution is -2.32. The molecular weight excluding hydrogens is 212 g/mol. The summed E-state index contributed by atoms with van der Waals surface area (Å²) in [5.74, 6) is 0.398. The SMILES string of the molecule is Cc1ccc(CC(=O)NCC(C)CN)c(C)c1. The number of aryl methyl sites for hydroxylation is 2. The quantitative estimate of drug-likeness (QED) is 0.812. The number of nitrogens with two attached hydrogens (primary N) is 1. The maximum Gasteiger partial charge on any atom is 0.224 e. The van der Waals surface area contributed by atoms with Gasteiger partial charge < -0.3 is 11.1 Å². The van der Waals surface area contributed by atoms with Gasteiger partial charge in [0.2, 0.25) is 5.91 Å². The molecule has 0 aliphatic heterocycles. The van der Waals surface area contributed by atoms with Crippen molar-refractivity contribution in [1.29, 1.82) is 0 Å². The molecule has 0 saturated carbocycles. The van der Waals surface area contributed by atoms with Gasteiger partial charge in [0.25, 0.3) is 0 Å². The van der Waals surface area contributed by atoms with Crippen LogP contribution in [-0.2, 0) is 11.2 Å². The summed E-state index contributed by atoms with van der Waals surface area (Å²) in [7, 11) is 0. The summed E-state index contributed by atoms with van der Waals surface area (Å²) >= 11 is 0. The number of rotatable bonds is 5. The molecule has 1 unspecified atom stereocenters. The second-order valence-electron chi connectivity index (χ2n) is 4.75. The van der Waals surface area contributed by atoms with Gasteiger partial charge in [-0.1, -0.05) is 30.7 Å². The zero-order valence-electron chi connectivity index (χ0n) is 10.9. The Bertz CT molecular complexity index is 388. The zero-order valence-corrected chi connectivity index (χ0v) is 10.9. The molecule has 1 atom stereocenters. The molecule has 94 valence electrons. The first kappa shape index (κ1) is 13.7. The Morgan fingerprint density at radius 1 is 1.41 bits per heavy atom. The third-order valence-corrected chi connectivity index (χ3v) is 2.90. The summed E-state index contributed by atoms with van der Waals surface area (Å²) < 4.78 is 0. The molecular formula is C14H22N2O. The van der Waals surface area contributed by atoms with Crippen LogP contribution in [-0.4, -0.2) is 19.0 Å². The minimum Gasteiger partial charge on any atom is -0.355 e. The van der Waals surface area contributed by atoms with Crippen LogP contribution in [0.1, 0.15) is 23.6 Å². The molecule has 0 aliphatic carbocycles. The molecule has 1 amide bonds. The van der Waals surface area contributed by atoms with Crippen LogP contribution < -0.4 is 11.1 Å². The van der Waals surface area contributed by atoms with Gasteiger partial charge in [-0.3, -0.25) is 4.79 Å². The van der Waals surface area contributed by atoms with Gasteiger partial charge in [0, 0.05) is 6.54 Å². The van der Waals surface area contributed by atoms with Crippen LogP contribution in [0.4, 0.5) is 0 Å². The number of amides is 1. The van der Waals surface area contributed by atoms with E-state index in [1.54, 1.807) is 0 Å². The van der Waals surface area contributed by atoms with Crippen molar-refractivity contribution in [3.8, 4) is 0 Å². The smallest absolute Gasteiger partial charge is 0.224 e. The molecule has 1 rings (SSSR count). The van der Waals surface area contributed by atoms with Crippen molar-refractivity contribution in [2.45, 2.75) is 27.2 Å². The fourth-order valence-corrected chi connectivity index (χ4v) is 1.65. The van der Waals surface area contributed by atoms with Gasteiger partial charge in [0.15, 0.2) is 0 Å². The molecule has 0 heterocycles. The standard InChI is InChI=1S/C14H22N2O/c1-10-4-5-13(12(3)6-10)7-14(17)16-9-11(2)8-15/h4-6,11H,7-9,15H2,1-3H3,(H,16,17). The lowest BCUT2D eigenvalue weighted by Gasteiger charge is -2.11. The third kappa shape index (κ3) is 4.57. The maximum absolute atomic E-state index is 11.7. The van der Waals surface area contributed by atoms with Gasteiger partial charge in [0.1, 0.15) is 0 Å². The number of hydrogen-bond acceptors (Lipinski definition) is 2. The van der Waals surface area contributed by atoms with E-state index in [9.17, 15) is 4.79 Å². The van der Waals surface area contributed by atoms with Gasteiger partial charge in [-0.2, -0.15) is 0 Å². The van der Waals surface area contributed by atoms with Gasteiger partial charge in [-0.05, 0) is 37.4 Å². The summed E-state index contributed by atoms with van der Waals surface area (Å²) in [6, 6.07) is 6.17. The third-order valence-electron chi connectivity index (χ3n) is 2.90. The van der Waals surface area contributed by atoms with Crippen LogP contribution in [0.3, 0.4) is 0 Å². The second kappa shape index (κ2) is 6.40. The number of carbonyl (C=O) groups excluding carboxylic acids is 1. The summed E-state index contributed by atoms with van der Waals surface area (Å²) in [5.41, 5.74) is 8.99. The van der Waals surface area contributed by atoms with Gasteiger partial charge in [0.05, 0.1) is 6.42 Å². The normalized spacial score (nSPS) is 12.2. The summed E-state index contributed by atoms with van der Waals surface area (Å²) in [6.45, 7) is 7.37. The Balaban J connectivity index is 2.50. The molecule has 0 spiro atoms. The molecule has 17 heavy (non-hydrogen) atoms. The predicted molar refractivity (Wildman–Crippen MR) is 70.8 cm³/mol. The van der Waals surface area contributed by atoms with E-state index in [1.807, 2.05) is 26.0 Å². The van der Waals surface area contributed by atoms with Crippen molar-refractivity contribution >= 4 is 5.91 Å². The average molecular weight is 234 g/mol. The van der Waals surface area contributed by atoms with Gasteiger partial charge in [-0.25, -0.2) is 0 Å². The van der Waals surface area contributed by atoms with Crippen molar-refractivity contribution in [2.75, 3.05) is 13.1 Å². The first-order chi connectivity index (χ1) is 8.02.